The molecule has 0 unspecified atom stereocenters. The first-order valence-electron chi connectivity index (χ1n) is 7.95. The van der Waals surface area contributed by atoms with E-state index in [1.807, 2.05) is 30.3 Å². The first kappa shape index (κ1) is 22.9. The van der Waals surface area contributed by atoms with E-state index < -0.39 is 37.6 Å². The first-order valence-corrected chi connectivity index (χ1v) is 7.95. The van der Waals surface area contributed by atoms with E-state index in [4.69, 9.17) is 16.0 Å². The number of non-ortho nitro benzene ring substituents is 1. The average Bonchev–Trinajstić information content (AvgIpc) is 2.69. The Labute approximate surface area is 163 Å². The maximum Gasteiger partial charge on any atom is 0.324 e. The quantitative estimate of drug-likeness (QED) is 0.266. The van der Waals surface area contributed by atoms with Gasteiger partial charge in [-0.05, 0) is 18.4 Å². The molecule has 0 aliphatic rings. The highest BCUT2D eigenvalue weighted by Gasteiger charge is 2.30. The van der Waals surface area contributed by atoms with Gasteiger partial charge in [0.25, 0.3) is 11.4 Å². The van der Waals surface area contributed by atoms with Gasteiger partial charge in [-0.15, -0.1) is 0 Å². The van der Waals surface area contributed by atoms with Crippen LogP contribution in [0.1, 0.15) is 12.0 Å². The lowest BCUT2D eigenvalue weighted by atomic mass is 10.1. The summed E-state index contributed by atoms with van der Waals surface area (Å²) in [6.07, 6.45) is 1.59. The number of benzene rings is 2. The Kier molecular flexibility index (Phi) is 8.60. The van der Waals surface area contributed by atoms with E-state index in [1.54, 1.807) is 0 Å². The number of nitro groups is 3. The van der Waals surface area contributed by atoms with Crippen LogP contribution in [-0.4, -0.2) is 37.3 Å². The number of aromatic hydroxyl groups is 1. The Balaban J connectivity index is 0.000000296. The van der Waals surface area contributed by atoms with Crippen molar-refractivity contribution in [2.24, 2.45) is 10.9 Å². The maximum absolute atomic E-state index is 10.4. The second-order valence-corrected chi connectivity index (χ2v) is 5.46. The van der Waals surface area contributed by atoms with E-state index in [0.29, 0.717) is 24.4 Å². The van der Waals surface area contributed by atoms with Gasteiger partial charge < -0.3 is 16.0 Å². The second kappa shape index (κ2) is 10.9. The van der Waals surface area contributed by atoms with Gasteiger partial charge in [-0.1, -0.05) is 35.5 Å². The predicted molar refractivity (Wildman–Crippen MR) is 101 cm³/mol. The van der Waals surface area contributed by atoms with Crippen LogP contribution in [0.25, 0.3) is 0 Å². The second-order valence-electron chi connectivity index (χ2n) is 5.46. The van der Waals surface area contributed by atoms with Gasteiger partial charge in [0, 0.05) is 6.54 Å². The summed E-state index contributed by atoms with van der Waals surface area (Å²) >= 11 is 0. The van der Waals surface area contributed by atoms with Gasteiger partial charge in [0.2, 0.25) is 0 Å². The average molecular weight is 407 g/mol. The molecule has 0 fully saturated rings. The number of phenols is 1. The summed E-state index contributed by atoms with van der Waals surface area (Å²) in [4.78, 5) is 27.8. The molecular formula is C16H17N5O8. The molecule has 0 aromatic heterocycles. The van der Waals surface area contributed by atoms with Crippen molar-refractivity contribution >= 4 is 22.8 Å². The van der Waals surface area contributed by atoms with Gasteiger partial charge in [0.1, 0.15) is 0 Å². The summed E-state index contributed by atoms with van der Waals surface area (Å²) in [5.41, 5.74) is 4.23. The molecular weight excluding hydrogens is 390 g/mol. The van der Waals surface area contributed by atoms with Crippen LogP contribution < -0.4 is 5.73 Å². The van der Waals surface area contributed by atoms with E-state index >= 15 is 0 Å². The number of nitrogens with zero attached hydrogens (tertiary/aromatic N) is 4. The van der Waals surface area contributed by atoms with Gasteiger partial charge in [0.05, 0.1) is 32.6 Å². The van der Waals surface area contributed by atoms with Gasteiger partial charge in [0.15, 0.2) is 0 Å². The van der Waals surface area contributed by atoms with Gasteiger partial charge >= 0.3 is 11.4 Å². The summed E-state index contributed by atoms with van der Waals surface area (Å²) in [6, 6.07) is 11.0. The standard InChI is InChI=1S/C10H14N2O.C6H3N3O7/c11-8-10(12-13)7-6-9-4-2-1-3-5-9;10-6-4(8(13)14)1-3(7(11)12)2-5(6)9(15)16/h1-5,13H,6-8,11H2;1-2,10H. The lowest BCUT2D eigenvalue weighted by Gasteiger charge is -2.01. The molecule has 0 aliphatic heterocycles. The molecule has 0 atom stereocenters. The van der Waals surface area contributed by atoms with Gasteiger partial charge in [-0.2, -0.15) is 0 Å². The van der Waals surface area contributed by atoms with Crippen LogP contribution in [0.3, 0.4) is 0 Å². The molecule has 2 rings (SSSR count). The molecule has 2 aromatic rings. The Morgan fingerprint density at radius 3 is 1.86 bits per heavy atom. The Bertz CT molecular complexity index is 882. The minimum Gasteiger partial charge on any atom is -0.497 e. The Morgan fingerprint density at radius 2 is 1.48 bits per heavy atom. The van der Waals surface area contributed by atoms with E-state index in [1.165, 1.54) is 5.56 Å². The number of rotatable bonds is 7. The van der Waals surface area contributed by atoms with Crippen molar-refractivity contribution in [1.29, 1.82) is 0 Å². The van der Waals surface area contributed by atoms with Crippen molar-refractivity contribution < 1.29 is 25.1 Å². The number of phenolic OH excluding ortho intramolecular Hbond substituents is 1. The molecule has 13 heteroatoms. The number of oxime groups is 1. The zero-order valence-corrected chi connectivity index (χ0v) is 14.9. The minimum atomic E-state index is -1.21. The lowest BCUT2D eigenvalue weighted by molar-refractivity contribution is -0.404. The van der Waals surface area contributed by atoms with Crippen molar-refractivity contribution in [3.05, 3.63) is 78.4 Å². The zero-order chi connectivity index (χ0) is 22.0. The van der Waals surface area contributed by atoms with Gasteiger partial charge in [-0.3, -0.25) is 30.3 Å². The van der Waals surface area contributed by atoms with Crippen LogP contribution in [0.4, 0.5) is 17.1 Å². The number of aryl methyl sites for hydroxylation is 1. The lowest BCUT2D eigenvalue weighted by Crippen LogP contribution is -2.14. The molecule has 4 N–H and O–H groups in total. The van der Waals surface area contributed by atoms with E-state index in [9.17, 15) is 30.3 Å². The summed E-state index contributed by atoms with van der Waals surface area (Å²) in [5, 5.41) is 51.8. The predicted octanol–water partition coefficient (Wildman–Crippen LogP) is 2.52. The highest BCUT2D eigenvalue weighted by molar-refractivity contribution is 5.85. The molecule has 0 amide bonds. The highest BCUT2D eigenvalue weighted by Crippen LogP contribution is 2.38. The smallest absolute Gasteiger partial charge is 0.324 e. The van der Waals surface area contributed by atoms with Crippen molar-refractivity contribution in [2.45, 2.75) is 12.8 Å². The third-order valence-corrected chi connectivity index (χ3v) is 3.58. The monoisotopic (exact) mass is 407 g/mol. The topological polar surface area (TPSA) is 208 Å². The number of nitrogens with two attached hydrogens (primary N) is 1. The maximum atomic E-state index is 10.4. The third kappa shape index (κ3) is 6.84. The van der Waals surface area contributed by atoms with Crippen molar-refractivity contribution in [3.8, 4) is 5.75 Å². The molecule has 0 saturated carbocycles. The molecule has 2 aromatic carbocycles. The number of nitro benzene ring substituents is 3. The van der Waals surface area contributed by atoms with Crippen molar-refractivity contribution in [2.75, 3.05) is 6.54 Å². The molecule has 29 heavy (non-hydrogen) atoms. The Hall–Kier alpha value is -4.13. The normalized spacial score (nSPS) is 10.6. The van der Waals surface area contributed by atoms with Crippen LogP contribution >= 0.6 is 0 Å². The molecule has 0 saturated heterocycles. The third-order valence-electron chi connectivity index (χ3n) is 3.58. The molecule has 154 valence electrons. The fourth-order valence-corrected chi connectivity index (χ4v) is 2.10. The van der Waals surface area contributed by atoms with Crippen molar-refractivity contribution in [3.63, 3.8) is 0 Å². The Morgan fingerprint density at radius 1 is 0.966 bits per heavy atom. The summed E-state index contributed by atoms with van der Waals surface area (Å²) in [7, 11) is 0. The summed E-state index contributed by atoms with van der Waals surface area (Å²) in [6.45, 7) is 0.323. The highest BCUT2D eigenvalue weighted by atomic mass is 16.6. The van der Waals surface area contributed by atoms with Crippen LogP contribution in [-0.2, 0) is 6.42 Å². The van der Waals surface area contributed by atoms with Crippen LogP contribution in [0.5, 0.6) is 5.75 Å². The minimum absolute atomic E-state index is 0.323. The fraction of sp³-hybridized carbons (Fsp3) is 0.188. The van der Waals surface area contributed by atoms with Crippen LogP contribution in [0, 0.1) is 30.3 Å². The molecule has 0 spiro atoms. The molecule has 0 bridgehead atoms. The molecule has 0 radical (unpaired) electrons. The summed E-state index contributed by atoms with van der Waals surface area (Å²) in [5.74, 6) is -1.21. The van der Waals surface area contributed by atoms with E-state index in [-0.39, 0.29) is 0 Å². The van der Waals surface area contributed by atoms with Crippen LogP contribution in [0.2, 0.25) is 0 Å². The SMILES string of the molecule is NCC(CCc1ccccc1)=NO.O=[N+]([O-])c1cc([N+](=O)[O-])c(O)c([N+](=O)[O-])c1. The molecule has 0 heterocycles. The first-order chi connectivity index (χ1) is 13.7. The number of hydrogen-bond donors (Lipinski definition) is 3. The zero-order valence-electron chi connectivity index (χ0n) is 14.9. The molecule has 0 aliphatic carbocycles. The van der Waals surface area contributed by atoms with E-state index in [0.717, 1.165) is 12.8 Å². The van der Waals surface area contributed by atoms with Crippen LogP contribution in [0.15, 0.2) is 47.6 Å². The largest absolute Gasteiger partial charge is 0.497 e. The summed E-state index contributed by atoms with van der Waals surface area (Å²) < 4.78 is 0. The number of hydrogen-bond acceptors (Lipinski definition) is 10. The van der Waals surface area contributed by atoms with E-state index in [2.05, 4.69) is 5.16 Å². The molecule has 13 nitrogen and oxygen atoms in total. The fourth-order valence-electron chi connectivity index (χ4n) is 2.10. The van der Waals surface area contributed by atoms with Gasteiger partial charge in [-0.25, -0.2) is 0 Å². The van der Waals surface area contributed by atoms with Crippen molar-refractivity contribution in [1.82, 2.24) is 0 Å².